The third-order valence-electron chi connectivity index (χ3n) is 0.880. The first-order chi connectivity index (χ1) is 4.27. The number of hydrogen-bond donors (Lipinski definition) is 1. The smallest absolute Gasteiger partial charge is 0.00447 e. The molecule has 0 atom stereocenters. The van der Waals surface area contributed by atoms with E-state index < -0.39 is 0 Å². The molecule has 0 spiro atoms. The van der Waals surface area contributed by atoms with Crippen LogP contribution in [0.1, 0.15) is 19.8 Å². The van der Waals surface area contributed by atoms with Crippen LogP contribution in [0.5, 0.6) is 0 Å². The molecule has 9 heavy (non-hydrogen) atoms. The van der Waals surface area contributed by atoms with Gasteiger partial charge in [0.15, 0.2) is 0 Å². The fourth-order valence-corrected chi connectivity index (χ4v) is 0.464. The Bertz CT molecular complexity index is 123. The summed E-state index contributed by atoms with van der Waals surface area (Å²) < 4.78 is 0. The van der Waals surface area contributed by atoms with Gasteiger partial charge in [0.2, 0.25) is 0 Å². The van der Waals surface area contributed by atoms with Crippen LogP contribution in [0.3, 0.4) is 0 Å². The number of nitrogens with one attached hydrogen (secondary N) is 1. The quantitative estimate of drug-likeness (QED) is 0.337. The van der Waals surface area contributed by atoms with Crippen LogP contribution >= 0.6 is 0 Å². The highest BCUT2D eigenvalue weighted by Crippen LogP contribution is 1.92. The average molecular weight is 123 g/mol. The number of rotatable bonds is 4. The van der Waals surface area contributed by atoms with Crippen LogP contribution in [-0.2, 0) is 0 Å². The van der Waals surface area contributed by atoms with E-state index in [0.29, 0.717) is 0 Å². The summed E-state index contributed by atoms with van der Waals surface area (Å²) in [5.74, 6) is 0. The van der Waals surface area contributed by atoms with Gasteiger partial charge in [0.05, 0.1) is 0 Å². The van der Waals surface area contributed by atoms with Gasteiger partial charge in [0, 0.05) is 0 Å². The molecule has 1 nitrogen and oxygen atoms in total. The van der Waals surface area contributed by atoms with Crippen molar-refractivity contribution in [2.24, 2.45) is 0 Å². The van der Waals surface area contributed by atoms with Crippen LogP contribution in [-0.4, -0.2) is 6.21 Å². The first kappa shape index (κ1) is 8.15. The van der Waals surface area contributed by atoms with Gasteiger partial charge in [-0.15, -0.1) is 0 Å². The Balaban J connectivity index is 3.24. The molecule has 0 aromatic carbocycles. The first-order valence-electron chi connectivity index (χ1n) is 3.08. The van der Waals surface area contributed by atoms with Crippen LogP contribution < -0.4 is 0 Å². The predicted molar refractivity (Wildman–Crippen MR) is 42.0 cm³/mol. The van der Waals surface area contributed by atoms with Gasteiger partial charge in [-0.05, 0) is 26.0 Å². The van der Waals surface area contributed by atoms with Crippen LogP contribution in [0.4, 0.5) is 0 Å². The third kappa shape index (κ3) is 7.15. The number of hydrogen-bond acceptors (Lipinski definition) is 1. The molecule has 0 amide bonds. The summed E-state index contributed by atoms with van der Waals surface area (Å²) in [6.45, 7) is 5.67. The van der Waals surface area contributed by atoms with Gasteiger partial charge < -0.3 is 5.41 Å². The highest BCUT2D eigenvalue weighted by Gasteiger charge is 1.75. The van der Waals surface area contributed by atoms with E-state index >= 15 is 0 Å². The lowest BCUT2D eigenvalue weighted by Gasteiger charge is -1.84. The molecule has 0 unspecified atom stereocenters. The first-order valence-corrected chi connectivity index (χ1v) is 3.08. The Hall–Kier alpha value is -0.850. The molecule has 0 rings (SSSR count). The van der Waals surface area contributed by atoms with E-state index in [0.717, 1.165) is 18.4 Å². The maximum atomic E-state index is 6.71. The molecular formula is C8H13N. The van der Waals surface area contributed by atoms with Crippen molar-refractivity contribution < 1.29 is 0 Å². The third-order valence-corrected chi connectivity index (χ3v) is 0.880. The Kier molecular flexibility index (Phi) is 4.79. The van der Waals surface area contributed by atoms with Crippen molar-refractivity contribution in [1.82, 2.24) is 0 Å². The summed E-state index contributed by atoms with van der Waals surface area (Å²) in [7, 11) is 0. The Labute approximate surface area is 56.6 Å². The molecule has 0 aliphatic heterocycles. The van der Waals surface area contributed by atoms with Gasteiger partial charge in [0.1, 0.15) is 0 Å². The van der Waals surface area contributed by atoms with Gasteiger partial charge in [-0.3, -0.25) is 0 Å². The molecule has 0 saturated heterocycles. The molecule has 0 heterocycles. The molecule has 0 aliphatic rings. The molecule has 0 aromatic heterocycles. The lowest BCUT2D eigenvalue weighted by molar-refractivity contribution is 1.11. The zero-order valence-electron chi connectivity index (χ0n) is 5.85. The molecule has 0 radical (unpaired) electrons. The van der Waals surface area contributed by atoms with E-state index in [9.17, 15) is 0 Å². The van der Waals surface area contributed by atoms with E-state index in [1.54, 1.807) is 0 Å². The fourth-order valence-electron chi connectivity index (χ4n) is 0.464. The summed E-state index contributed by atoms with van der Waals surface area (Å²) in [5.41, 5.74) is 1.07. The SMILES string of the molecule is C=C(C)C=CCCC=N. The molecular weight excluding hydrogens is 110 g/mol. The highest BCUT2D eigenvalue weighted by molar-refractivity contribution is 5.52. The molecule has 0 bridgehead atoms. The van der Waals surface area contributed by atoms with E-state index in [4.69, 9.17) is 5.41 Å². The van der Waals surface area contributed by atoms with E-state index in [1.165, 1.54) is 6.21 Å². The maximum absolute atomic E-state index is 6.71. The van der Waals surface area contributed by atoms with Crippen molar-refractivity contribution in [3.05, 3.63) is 24.3 Å². The Morgan fingerprint density at radius 1 is 1.56 bits per heavy atom. The minimum Gasteiger partial charge on any atom is -0.313 e. The molecule has 50 valence electrons. The molecule has 1 N–H and O–H groups in total. The van der Waals surface area contributed by atoms with Crippen LogP contribution in [0, 0.1) is 5.41 Å². The van der Waals surface area contributed by atoms with E-state index in [1.807, 2.05) is 19.1 Å². The topological polar surface area (TPSA) is 23.9 Å². The zero-order valence-corrected chi connectivity index (χ0v) is 5.85. The number of allylic oxidation sites excluding steroid dienone is 3. The molecule has 0 fully saturated rings. The van der Waals surface area contributed by atoms with Gasteiger partial charge in [-0.25, -0.2) is 0 Å². The summed E-state index contributed by atoms with van der Waals surface area (Å²) in [6.07, 6.45) is 7.22. The molecule has 0 aliphatic carbocycles. The Morgan fingerprint density at radius 3 is 2.67 bits per heavy atom. The van der Waals surface area contributed by atoms with Crippen molar-refractivity contribution in [2.75, 3.05) is 0 Å². The second-order valence-corrected chi connectivity index (χ2v) is 2.03. The fraction of sp³-hybridized carbons (Fsp3) is 0.375. The zero-order chi connectivity index (χ0) is 7.11. The highest BCUT2D eigenvalue weighted by atomic mass is 14.3. The minimum atomic E-state index is 0.837. The van der Waals surface area contributed by atoms with E-state index in [-0.39, 0.29) is 0 Å². The second-order valence-electron chi connectivity index (χ2n) is 2.03. The molecule has 1 heteroatoms. The van der Waals surface area contributed by atoms with Gasteiger partial charge in [-0.2, -0.15) is 0 Å². The van der Waals surface area contributed by atoms with Crippen molar-refractivity contribution in [3.63, 3.8) is 0 Å². The van der Waals surface area contributed by atoms with Crippen molar-refractivity contribution in [1.29, 1.82) is 5.41 Å². The molecule has 0 aromatic rings. The lowest BCUT2D eigenvalue weighted by atomic mass is 10.2. The van der Waals surface area contributed by atoms with Gasteiger partial charge in [-0.1, -0.05) is 24.3 Å². The van der Waals surface area contributed by atoms with Crippen LogP contribution in [0.2, 0.25) is 0 Å². The standard InChI is InChI=1S/C8H13N/c1-8(2)6-4-3-5-7-9/h4,6-7,9H,1,3,5H2,2H3. The lowest BCUT2D eigenvalue weighted by Crippen LogP contribution is -1.69. The molecule has 0 saturated carbocycles. The summed E-state index contributed by atoms with van der Waals surface area (Å²) >= 11 is 0. The van der Waals surface area contributed by atoms with E-state index in [2.05, 4.69) is 6.58 Å². The summed E-state index contributed by atoms with van der Waals surface area (Å²) in [6, 6.07) is 0. The maximum Gasteiger partial charge on any atom is -0.00447 e. The Morgan fingerprint density at radius 2 is 2.22 bits per heavy atom. The average Bonchev–Trinajstić information content (AvgIpc) is 1.80. The normalized spacial score (nSPS) is 9.89. The predicted octanol–water partition coefficient (Wildman–Crippen LogP) is 2.55. The van der Waals surface area contributed by atoms with Crippen molar-refractivity contribution in [2.45, 2.75) is 19.8 Å². The second kappa shape index (κ2) is 5.29. The van der Waals surface area contributed by atoms with Gasteiger partial charge >= 0.3 is 0 Å². The van der Waals surface area contributed by atoms with Gasteiger partial charge in [0.25, 0.3) is 0 Å². The van der Waals surface area contributed by atoms with Crippen molar-refractivity contribution in [3.8, 4) is 0 Å². The van der Waals surface area contributed by atoms with Crippen LogP contribution in [0.15, 0.2) is 24.3 Å². The largest absolute Gasteiger partial charge is 0.313 e. The summed E-state index contributed by atoms with van der Waals surface area (Å²) in [4.78, 5) is 0. The monoisotopic (exact) mass is 123 g/mol. The number of unbranched alkanes of at least 4 members (excludes halogenated alkanes) is 1. The summed E-state index contributed by atoms with van der Waals surface area (Å²) in [5, 5.41) is 6.71. The van der Waals surface area contributed by atoms with Crippen molar-refractivity contribution >= 4 is 6.21 Å². The minimum absolute atomic E-state index is 0.837. The van der Waals surface area contributed by atoms with Crippen LogP contribution in [0.25, 0.3) is 0 Å².